The molecule has 0 saturated carbocycles. The van der Waals surface area contributed by atoms with E-state index in [-0.39, 0.29) is 17.5 Å². The second-order valence-electron chi connectivity index (χ2n) is 11.5. The fourth-order valence-electron chi connectivity index (χ4n) is 4.39. The van der Waals surface area contributed by atoms with Crippen molar-refractivity contribution < 1.29 is 55.4 Å². The summed E-state index contributed by atoms with van der Waals surface area (Å²) >= 11 is 0. The number of carbonyl (C=O) groups excluding carboxylic acids is 5. The Kier molecular flexibility index (Phi) is 15.1. The Morgan fingerprint density at radius 3 is 1.92 bits per heavy atom. The van der Waals surface area contributed by atoms with E-state index >= 15 is 0 Å². The summed E-state index contributed by atoms with van der Waals surface area (Å²) in [6, 6.07) is 7.63. The Hall–Kier alpha value is -5.07. The third-order valence-corrected chi connectivity index (χ3v) is 7.09. The van der Waals surface area contributed by atoms with E-state index in [0.29, 0.717) is 5.56 Å². The van der Waals surface area contributed by atoms with Crippen LogP contribution in [0.15, 0.2) is 64.8 Å². The highest BCUT2D eigenvalue weighted by Crippen LogP contribution is 2.52. The van der Waals surface area contributed by atoms with Crippen molar-refractivity contribution in [1.29, 1.82) is 0 Å². The first kappa shape index (κ1) is 42.1. The van der Waals surface area contributed by atoms with Crippen LogP contribution in [-0.2, 0) is 31.3 Å². The first-order valence-corrected chi connectivity index (χ1v) is 15.6. The Morgan fingerprint density at radius 2 is 1.43 bits per heavy atom. The molecule has 0 aromatic heterocycles. The van der Waals surface area contributed by atoms with Gasteiger partial charge in [-0.1, -0.05) is 62.7 Å². The maximum Gasteiger partial charge on any atom is 0.442 e. The predicted octanol–water partition coefficient (Wildman–Crippen LogP) is 2.92. The van der Waals surface area contributed by atoms with Crippen LogP contribution in [0.4, 0.5) is 26.3 Å². The molecule has 51 heavy (non-hydrogen) atoms. The Bertz CT molecular complexity index is 1530. The molecule has 2 aromatic rings. The first-order chi connectivity index (χ1) is 23.7. The van der Waals surface area contributed by atoms with Crippen molar-refractivity contribution in [3.05, 3.63) is 71.3 Å². The minimum Gasteiger partial charge on any atom is -0.382 e. The van der Waals surface area contributed by atoms with Gasteiger partial charge in [-0.25, -0.2) is 0 Å². The second kappa shape index (κ2) is 18.2. The Labute approximate surface area is 288 Å². The molecule has 0 aliphatic carbocycles. The molecular formula is C32H39F6N7O6. The monoisotopic (exact) mass is 731 g/mol. The fraction of sp³-hybridized carbons (Fsp3) is 0.469. The van der Waals surface area contributed by atoms with Crippen LogP contribution in [-0.4, -0.2) is 77.8 Å². The van der Waals surface area contributed by atoms with Crippen LogP contribution in [0.3, 0.4) is 0 Å². The number of primary amides is 1. The van der Waals surface area contributed by atoms with E-state index in [1.807, 2.05) is 5.32 Å². The lowest BCUT2D eigenvalue weighted by Crippen LogP contribution is -2.57. The summed E-state index contributed by atoms with van der Waals surface area (Å²) in [6.45, 7) is 4.70. The molecule has 0 saturated heterocycles. The summed E-state index contributed by atoms with van der Waals surface area (Å²) in [5.74, 6) is -4.76. The van der Waals surface area contributed by atoms with Gasteiger partial charge in [0.2, 0.25) is 23.6 Å². The van der Waals surface area contributed by atoms with E-state index in [1.165, 1.54) is 6.42 Å². The number of alkyl halides is 6. The molecule has 2 unspecified atom stereocenters. The van der Waals surface area contributed by atoms with Crippen LogP contribution in [0.1, 0.15) is 61.5 Å². The lowest BCUT2D eigenvalue weighted by Gasteiger charge is -2.27. The number of benzene rings is 2. The van der Waals surface area contributed by atoms with Crippen molar-refractivity contribution in [2.24, 2.45) is 16.0 Å². The number of aliphatic hydroxyl groups is 1. The van der Waals surface area contributed by atoms with Gasteiger partial charge in [0.15, 0.2) is 6.10 Å². The topological polar surface area (TPSA) is 204 Å². The van der Waals surface area contributed by atoms with Crippen LogP contribution >= 0.6 is 0 Å². The van der Waals surface area contributed by atoms with Crippen molar-refractivity contribution in [2.75, 3.05) is 6.54 Å². The van der Waals surface area contributed by atoms with Gasteiger partial charge in [0, 0.05) is 24.0 Å². The Morgan fingerprint density at radius 1 is 0.863 bits per heavy atom. The molecule has 2 aromatic carbocycles. The smallest absolute Gasteiger partial charge is 0.382 e. The lowest BCUT2D eigenvalue weighted by atomic mass is 10.0. The average molecular weight is 732 g/mol. The molecule has 19 heteroatoms. The quantitative estimate of drug-likeness (QED) is 0.152. The number of rotatable bonds is 15. The van der Waals surface area contributed by atoms with Gasteiger partial charge >= 0.3 is 18.0 Å². The molecule has 0 bridgehead atoms. The minimum atomic E-state index is -5.15. The largest absolute Gasteiger partial charge is 0.442 e. The van der Waals surface area contributed by atoms with Crippen LogP contribution in [0, 0.1) is 0 Å². The Balaban J connectivity index is 0.00000290. The van der Waals surface area contributed by atoms with Crippen LogP contribution in [0.2, 0.25) is 0 Å². The summed E-state index contributed by atoms with van der Waals surface area (Å²) in [4.78, 5) is 62.2. The zero-order chi connectivity index (χ0) is 38.6. The van der Waals surface area contributed by atoms with E-state index in [1.54, 1.807) is 30.3 Å². The number of aliphatic hydroxyl groups excluding tert-OH is 1. The van der Waals surface area contributed by atoms with Gasteiger partial charge in [0.05, 0.1) is 12.6 Å². The number of carbonyl (C=O) groups is 5. The predicted molar refractivity (Wildman–Crippen MR) is 169 cm³/mol. The zero-order valence-electron chi connectivity index (χ0n) is 27.8. The summed E-state index contributed by atoms with van der Waals surface area (Å²) in [6.07, 6.45) is -13.0. The number of amides is 5. The molecule has 4 atom stereocenters. The highest BCUT2D eigenvalue weighted by atomic mass is 19.4. The summed E-state index contributed by atoms with van der Waals surface area (Å²) in [5, 5.41) is 24.7. The number of hydrogen-bond acceptors (Lipinski definition) is 8. The molecule has 1 aliphatic rings. The van der Waals surface area contributed by atoms with Gasteiger partial charge in [-0.3, -0.25) is 24.0 Å². The highest BCUT2D eigenvalue weighted by molar-refractivity contribution is 5.97. The summed E-state index contributed by atoms with van der Waals surface area (Å²) in [5.41, 5.74) is 2.46. The van der Waals surface area contributed by atoms with E-state index in [9.17, 15) is 55.4 Å². The van der Waals surface area contributed by atoms with Crippen molar-refractivity contribution in [3.63, 3.8) is 0 Å². The van der Waals surface area contributed by atoms with Gasteiger partial charge in [-0.05, 0) is 31.0 Å². The minimum absolute atomic E-state index is 0.0901. The highest BCUT2D eigenvalue weighted by Gasteiger charge is 2.65. The molecule has 3 rings (SSSR count). The van der Waals surface area contributed by atoms with E-state index < -0.39 is 91.2 Å². The second-order valence-corrected chi connectivity index (χ2v) is 11.5. The van der Waals surface area contributed by atoms with Crippen molar-refractivity contribution in [3.8, 4) is 0 Å². The van der Waals surface area contributed by atoms with Gasteiger partial charge in [-0.2, -0.15) is 26.3 Å². The molecule has 0 radical (unpaired) electrons. The third-order valence-electron chi connectivity index (χ3n) is 7.09. The first-order valence-electron chi connectivity index (χ1n) is 15.6. The van der Waals surface area contributed by atoms with E-state index in [2.05, 4.69) is 40.0 Å². The number of nitrogens with one attached hydrogen (secondary N) is 4. The van der Waals surface area contributed by atoms with Crippen molar-refractivity contribution in [2.45, 2.75) is 88.7 Å². The number of nitrogens with two attached hydrogens (primary N) is 1. The van der Waals surface area contributed by atoms with Crippen LogP contribution in [0.5, 0.6) is 0 Å². The van der Waals surface area contributed by atoms with E-state index in [4.69, 9.17) is 5.73 Å². The fourth-order valence-corrected chi connectivity index (χ4v) is 4.39. The molecule has 0 spiro atoms. The SMILES string of the molecule is CCC.C[C@H](NC(=O)[C@H](Cc1ccccc1)NC(=O)CNC(=O)c1ccc(C2(C(F)(F)F)N=N2)cc1)C(=O)NC(CCC(N)=O)C(O)C(F)(F)F. The van der Waals surface area contributed by atoms with Crippen LogP contribution in [0.25, 0.3) is 0 Å². The molecular weight excluding hydrogens is 692 g/mol. The van der Waals surface area contributed by atoms with Gasteiger partial charge < -0.3 is 32.1 Å². The molecule has 1 heterocycles. The maximum atomic E-state index is 13.2. The third kappa shape index (κ3) is 12.6. The van der Waals surface area contributed by atoms with E-state index in [0.717, 1.165) is 31.2 Å². The van der Waals surface area contributed by atoms with Gasteiger partial charge in [0.1, 0.15) is 12.1 Å². The van der Waals surface area contributed by atoms with Gasteiger partial charge in [-0.15, -0.1) is 10.2 Å². The molecule has 0 fully saturated rings. The number of halogens is 6. The average Bonchev–Trinajstić information content (AvgIpc) is 3.88. The standard InChI is InChI=1S/C29H31F6N7O6.C3H8/c1-15(24(46)40-19(11-12-21(36)43)23(45)28(30,31)32)38-26(48)20(13-16-5-3-2-4-6-16)39-22(44)14-37-25(47)17-7-9-18(10-8-17)27(41-42-27)29(33,34)35;1-3-2/h2-10,15,19-20,23,45H,11-14H2,1H3,(H2,36,43)(H,37,47)(H,38,48)(H,39,44)(H,40,46);3H2,1-2H3/t15-,19?,20-,23?;/m0./s1. The van der Waals surface area contributed by atoms with Crippen molar-refractivity contribution in [1.82, 2.24) is 21.3 Å². The zero-order valence-corrected chi connectivity index (χ0v) is 27.8. The summed E-state index contributed by atoms with van der Waals surface area (Å²) < 4.78 is 79.0. The summed E-state index contributed by atoms with van der Waals surface area (Å²) in [7, 11) is 0. The lowest BCUT2D eigenvalue weighted by molar-refractivity contribution is -0.212. The molecule has 1 aliphatic heterocycles. The molecule has 5 amide bonds. The van der Waals surface area contributed by atoms with Crippen LogP contribution < -0.4 is 27.0 Å². The molecule has 13 nitrogen and oxygen atoms in total. The van der Waals surface area contributed by atoms with Gasteiger partial charge in [0.25, 0.3) is 5.91 Å². The normalized spacial score (nSPS) is 15.5. The maximum absolute atomic E-state index is 13.2. The molecule has 280 valence electrons. The number of hydrogen-bond donors (Lipinski definition) is 6. The van der Waals surface area contributed by atoms with Crippen molar-refractivity contribution >= 4 is 29.5 Å². The molecule has 7 N–H and O–H groups in total. The number of nitrogens with zero attached hydrogens (tertiary/aromatic N) is 2.